The molecule has 1 aromatic carbocycles. The van der Waals surface area contributed by atoms with E-state index in [1.165, 1.54) is 10.1 Å². The van der Waals surface area contributed by atoms with Crippen molar-refractivity contribution in [2.45, 2.75) is 20.0 Å². The van der Waals surface area contributed by atoms with E-state index in [-0.39, 0.29) is 11.2 Å². The van der Waals surface area contributed by atoms with Crippen molar-refractivity contribution in [2.24, 2.45) is 0 Å². The van der Waals surface area contributed by atoms with Gasteiger partial charge in [0.1, 0.15) is 0 Å². The van der Waals surface area contributed by atoms with Crippen LogP contribution < -0.4 is 16.6 Å². The fraction of sp³-hybridized carbons (Fsp3) is 0.250. The summed E-state index contributed by atoms with van der Waals surface area (Å²) < 4.78 is 1.48. The Bertz CT molecular complexity index is 714. The quantitative estimate of drug-likeness (QED) is 0.619. The van der Waals surface area contributed by atoms with Crippen molar-refractivity contribution in [2.75, 3.05) is 6.54 Å². The van der Waals surface area contributed by atoms with Gasteiger partial charge in [-0.1, -0.05) is 42.5 Å². The molecule has 0 unspecified atom stereocenters. The minimum Gasteiger partial charge on any atom is -0.309 e. The second-order valence-electron chi connectivity index (χ2n) is 4.81. The summed E-state index contributed by atoms with van der Waals surface area (Å²) in [5.74, 6) is 0. The number of hydrogen-bond donors (Lipinski definition) is 2. The zero-order valence-electron chi connectivity index (χ0n) is 12.0. The number of aromatic nitrogens is 2. The first-order chi connectivity index (χ1) is 10.2. The topological polar surface area (TPSA) is 66.9 Å². The van der Waals surface area contributed by atoms with E-state index in [4.69, 9.17) is 0 Å². The summed E-state index contributed by atoms with van der Waals surface area (Å²) in [6, 6.07) is 10.2. The molecule has 0 atom stereocenters. The van der Waals surface area contributed by atoms with Gasteiger partial charge in [-0.3, -0.25) is 14.3 Å². The number of aryl methyl sites for hydroxylation is 1. The first kappa shape index (κ1) is 15.0. The molecule has 21 heavy (non-hydrogen) atoms. The summed E-state index contributed by atoms with van der Waals surface area (Å²) >= 11 is 0. The molecule has 0 spiro atoms. The molecule has 0 saturated carbocycles. The molecular formula is C16H19N3O2. The highest BCUT2D eigenvalue weighted by molar-refractivity contribution is 5.14. The molecule has 0 fully saturated rings. The fourth-order valence-electron chi connectivity index (χ4n) is 1.92. The lowest BCUT2D eigenvalue weighted by Gasteiger charge is -2.03. The van der Waals surface area contributed by atoms with Crippen LogP contribution in [0.4, 0.5) is 0 Å². The van der Waals surface area contributed by atoms with Crippen LogP contribution >= 0.6 is 0 Å². The molecule has 110 valence electrons. The van der Waals surface area contributed by atoms with E-state index < -0.39 is 0 Å². The molecule has 0 amide bonds. The molecule has 0 aliphatic rings. The van der Waals surface area contributed by atoms with Gasteiger partial charge in [0, 0.05) is 31.4 Å². The number of nitrogens with zero attached hydrogens (tertiary/aromatic N) is 1. The van der Waals surface area contributed by atoms with Crippen LogP contribution in [0.3, 0.4) is 0 Å². The van der Waals surface area contributed by atoms with Crippen molar-refractivity contribution < 1.29 is 0 Å². The Hall–Kier alpha value is -2.40. The van der Waals surface area contributed by atoms with Crippen molar-refractivity contribution >= 4 is 0 Å². The van der Waals surface area contributed by atoms with E-state index in [1.807, 2.05) is 30.4 Å². The zero-order chi connectivity index (χ0) is 15.1. The van der Waals surface area contributed by atoms with Gasteiger partial charge in [-0.2, -0.15) is 0 Å². The number of hydrogen-bond acceptors (Lipinski definition) is 3. The lowest BCUT2D eigenvalue weighted by Crippen LogP contribution is -2.30. The molecule has 5 heteroatoms. The Labute approximate surface area is 123 Å². The van der Waals surface area contributed by atoms with Gasteiger partial charge < -0.3 is 5.32 Å². The number of allylic oxidation sites excluding steroid dienone is 1. The lowest BCUT2D eigenvalue weighted by molar-refractivity contribution is 0.719. The van der Waals surface area contributed by atoms with Gasteiger partial charge in [0.15, 0.2) is 0 Å². The number of rotatable bonds is 6. The molecular weight excluding hydrogens is 266 g/mol. The van der Waals surface area contributed by atoms with Crippen LogP contribution in [0.1, 0.15) is 11.1 Å². The summed E-state index contributed by atoms with van der Waals surface area (Å²) in [4.78, 5) is 25.1. The predicted molar refractivity (Wildman–Crippen MR) is 83.3 cm³/mol. The van der Waals surface area contributed by atoms with E-state index in [9.17, 15) is 9.59 Å². The normalized spacial score (nSPS) is 11.1. The van der Waals surface area contributed by atoms with E-state index in [1.54, 1.807) is 13.1 Å². The van der Waals surface area contributed by atoms with Crippen LogP contribution in [0.5, 0.6) is 0 Å². The Kier molecular flexibility index (Phi) is 5.29. The number of H-pyrrole nitrogens is 1. The average Bonchev–Trinajstić information content (AvgIpc) is 2.49. The predicted octanol–water partition coefficient (Wildman–Crippen LogP) is 1.19. The van der Waals surface area contributed by atoms with Crippen LogP contribution in [-0.2, 0) is 13.1 Å². The van der Waals surface area contributed by atoms with Crippen molar-refractivity contribution in [3.8, 4) is 0 Å². The van der Waals surface area contributed by atoms with E-state index in [0.717, 1.165) is 13.1 Å². The summed E-state index contributed by atoms with van der Waals surface area (Å²) in [6.45, 7) is 3.66. The van der Waals surface area contributed by atoms with Crippen molar-refractivity contribution in [3.63, 3.8) is 0 Å². The van der Waals surface area contributed by atoms with Crippen LogP contribution in [0.25, 0.3) is 0 Å². The van der Waals surface area contributed by atoms with Gasteiger partial charge in [0.25, 0.3) is 5.56 Å². The Morgan fingerprint density at radius 3 is 2.71 bits per heavy atom. The highest BCUT2D eigenvalue weighted by Gasteiger charge is 1.98. The van der Waals surface area contributed by atoms with Crippen LogP contribution in [0.15, 0.2) is 58.3 Å². The van der Waals surface area contributed by atoms with Crippen molar-refractivity contribution in [3.05, 3.63) is 80.6 Å². The van der Waals surface area contributed by atoms with Crippen LogP contribution in [0, 0.1) is 6.92 Å². The number of benzene rings is 1. The van der Waals surface area contributed by atoms with Gasteiger partial charge in [0.2, 0.25) is 0 Å². The highest BCUT2D eigenvalue weighted by atomic mass is 16.2. The number of nitrogens with one attached hydrogen (secondary N) is 2. The standard InChI is InChI=1S/C16H19N3O2/c1-13-12-19(16(21)18-15(13)20)10-6-5-9-17-11-14-7-3-2-4-8-14/h2-8,12,17H,9-11H2,1H3,(H,18,20,21)/b6-5-. The molecule has 1 heterocycles. The third kappa shape index (κ3) is 4.57. The lowest BCUT2D eigenvalue weighted by atomic mass is 10.2. The first-order valence-electron chi connectivity index (χ1n) is 6.87. The summed E-state index contributed by atoms with van der Waals surface area (Å²) in [5.41, 5.74) is 1.06. The average molecular weight is 285 g/mol. The third-order valence-electron chi connectivity index (χ3n) is 3.09. The molecule has 5 nitrogen and oxygen atoms in total. The highest BCUT2D eigenvalue weighted by Crippen LogP contribution is 1.96. The SMILES string of the molecule is Cc1cn(C/C=C\CNCc2ccccc2)c(=O)[nH]c1=O. The van der Waals surface area contributed by atoms with Gasteiger partial charge in [-0.05, 0) is 12.5 Å². The van der Waals surface area contributed by atoms with E-state index in [2.05, 4.69) is 22.4 Å². The molecule has 0 saturated heterocycles. The van der Waals surface area contributed by atoms with Gasteiger partial charge in [0.05, 0.1) is 0 Å². The molecule has 0 radical (unpaired) electrons. The van der Waals surface area contributed by atoms with Crippen molar-refractivity contribution in [1.29, 1.82) is 0 Å². The maximum atomic E-state index is 11.6. The maximum Gasteiger partial charge on any atom is 0.328 e. The summed E-state index contributed by atoms with van der Waals surface area (Å²) in [5, 5.41) is 3.29. The summed E-state index contributed by atoms with van der Waals surface area (Å²) in [7, 11) is 0. The van der Waals surface area contributed by atoms with E-state index >= 15 is 0 Å². The molecule has 2 N–H and O–H groups in total. The van der Waals surface area contributed by atoms with Gasteiger partial charge in [-0.15, -0.1) is 0 Å². The molecule has 2 rings (SSSR count). The first-order valence-corrected chi connectivity index (χ1v) is 6.87. The van der Waals surface area contributed by atoms with Crippen molar-refractivity contribution in [1.82, 2.24) is 14.9 Å². The maximum absolute atomic E-state index is 11.6. The van der Waals surface area contributed by atoms with Crippen LogP contribution in [-0.4, -0.2) is 16.1 Å². The van der Waals surface area contributed by atoms with Crippen LogP contribution in [0.2, 0.25) is 0 Å². The molecule has 0 aliphatic carbocycles. The fourth-order valence-corrected chi connectivity index (χ4v) is 1.92. The molecule has 0 bridgehead atoms. The minimum absolute atomic E-state index is 0.329. The van der Waals surface area contributed by atoms with Gasteiger partial charge >= 0.3 is 5.69 Å². The largest absolute Gasteiger partial charge is 0.328 e. The minimum atomic E-state index is -0.382. The second kappa shape index (κ2) is 7.40. The number of aromatic amines is 1. The Balaban J connectivity index is 1.80. The van der Waals surface area contributed by atoms with Gasteiger partial charge in [-0.25, -0.2) is 4.79 Å². The third-order valence-corrected chi connectivity index (χ3v) is 3.09. The van der Waals surface area contributed by atoms with E-state index in [0.29, 0.717) is 12.1 Å². The monoisotopic (exact) mass is 285 g/mol. The summed E-state index contributed by atoms with van der Waals surface area (Å²) in [6.07, 6.45) is 5.44. The molecule has 2 aromatic rings. The Morgan fingerprint density at radius 1 is 1.19 bits per heavy atom. The second-order valence-corrected chi connectivity index (χ2v) is 4.81. The Morgan fingerprint density at radius 2 is 1.95 bits per heavy atom. The molecule has 0 aliphatic heterocycles. The smallest absolute Gasteiger partial charge is 0.309 e. The zero-order valence-corrected chi connectivity index (χ0v) is 12.0. The molecule has 1 aromatic heterocycles.